The van der Waals surface area contributed by atoms with Crippen LogP contribution in [0.5, 0.6) is 5.75 Å². The van der Waals surface area contributed by atoms with Crippen LogP contribution in [0.2, 0.25) is 0 Å². The number of rotatable bonds is 6. The second kappa shape index (κ2) is 5.85. The molecule has 3 nitrogen and oxygen atoms in total. The van der Waals surface area contributed by atoms with E-state index in [0.717, 1.165) is 24.0 Å². The lowest BCUT2D eigenvalue weighted by Gasteiger charge is -2.06. The minimum Gasteiger partial charge on any atom is -0.487 e. The van der Waals surface area contributed by atoms with Gasteiger partial charge in [0.2, 0.25) is 0 Å². The zero-order chi connectivity index (χ0) is 12.9. The monoisotopic (exact) mass is 254 g/mol. The summed E-state index contributed by atoms with van der Waals surface area (Å²) in [5, 5.41) is 3.48. The fourth-order valence-electron chi connectivity index (χ4n) is 1.87. The summed E-state index contributed by atoms with van der Waals surface area (Å²) in [5.74, 6) is 0.878. The van der Waals surface area contributed by atoms with Crippen molar-refractivity contribution in [1.29, 1.82) is 0 Å². The van der Waals surface area contributed by atoms with Crippen molar-refractivity contribution in [3.63, 3.8) is 0 Å². The molecule has 1 aliphatic carbocycles. The molecule has 0 unspecified atom stereocenters. The average molecular weight is 254 g/mol. The third-order valence-electron chi connectivity index (χ3n) is 3.19. The van der Waals surface area contributed by atoms with Crippen molar-refractivity contribution in [3.8, 4) is 5.75 Å². The van der Waals surface area contributed by atoms with Gasteiger partial charge in [0.25, 0.3) is 0 Å². The van der Waals surface area contributed by atoms with Gasteiger partial charge in [0.1, 0.15) is 12.4 Å². The standard InChI is InChI=1S/C16H18N2O/c1-2-4-16(5-3-1)19-12-15-7-6-13(11-18-15)10-17-14-8-9-14/h1-7,11,14,17H,8-10,12H2. The molecule has 3 rings (SSSR count). The molecule has 1 aromatic carbocycles. The van der Waals surface area contributed by atoms with Crippen molar-refractivity contribution >= 4 is 0 Å². The second-order valence-corrected chi connectivity index (χ2v) is 4.91. The predicted molar refractivity (Wildman–Crippen MR) is 74.9 cm³/mol. The molecule has 0 spiro atoms. The van der Waals surface area contributed by atoms with Gasteiger partial charge in [-0.2, -0.15) is 0 Å². The van der Waals surface area contributed by atoms with Gasteiger partial charge in [-0.15, -0.1) is 0 Å². The lowest BCUT2D eigenvalue weighted by Crippen LogP contribution is -2.15. The molecule has 1 heterocycles. The Morgan fingerprint density at radius 1 is 1.11 bits per heavy atom. The summed E-state index contributed by atoms with van der Waals surface area (Å²) < 4.78 is 5.66. The van der Waals surface area contributed by atoms with E-state index in [1.54, 1.807) is 0 Å². The van der Waals surface area contributed by atoms with Crippen LogP contribution in [0, 0.1) is 0 Å². The van der Waals surface area contributed by atoms with Crippen LogP contribution in [0.15, 0.2) is 48.7 Å². The first-order valence-electron chi connectivity index (χ1n) is 6.75. The molecular weight excluding hydrogens is 236 g/mol. The van der Waals surface area contributed by atoms with Crippen LogP contribution in [0.1, 0.15) is 24.1 Å². The minimum atomic E-state index is 0.514. The molecule has 1 saturated carbocycles. The Labute approximate surface area is 113 Å². The highest BCUT2D eigenvalue weighted by atomic mass is 16.5. The van der Waals surface area contributed by atoms with Crippen LogP contribution < -0.4 is 10.1 Å². The highest BCUT2D eigenvalue weighted by Crippen LogP contribution is 2.19. The summed E-state index contributed by atoms with van der Waals surface area (Å²) in [6.07, 6.45) is 4.56. The fraction of sp³-hybridized carbons (Fsp3) is 0.312. The van der Waals surface area contributed by atoms with E-state index in [0.29, 0.717) is 6.61 Å². The van der Waals surface area contributed by atoms with Crippen LogP contribution in [0.25, 0.3) is 0 Å². The summed E-state index contributed by atoms with van der Waals surface area (Å²) in [5.41, 5.74) is 2.19. The molecular formula is C16H18N2O. The average Bonchev–Trinajstić information content (AvgIpc) is 3.29. The first-order valence-corrected chi connectivity index (χ1v) is 6.75. The summed E-state index contributed by atoms with van der Waals surface area (Å²) >= 11 is 0. The highest BCUT2D eigenvalue weighted by Gasteiger charge is 2.19. The molecule has 19 heavy (non-hydrogen) atoms. The second-order valence-electron chi connectivity index (χ2n) is 4.91. The number of benzene rings is 1. The molecule has 1 fully saturated rings. The first kappa shape index (κ1) is 12.2. The van der Waals surface area contributed by atoms with Gasteiger partial charge in [-0.05, 0) is 36.6 Å². The van der Waals surface area contributed by atoms with Gasteiger partial charge in [-0.1, -0.05) is 24.3 Å². The summed E-state index contributed by atoms with van der Waals surface area (Å²) in [6, 6.07) is 14.7. The molecule has 0 saturated heterocycles. The first-order chi connectivity index (χ1) is 9.40. The lowest BCUT2D eigenvalue weighted by molar-refractivity contribution is 0.301. The van der Waals surface area contributed by atoms with Gasteiger partial charge in [0.15, 0.2) is 0 Å². The molecule has 1 aliphatic rings. The lowest BCUT2D eigenvalue weighted by atomic mass is 10.2. The number of aromatic nitrogens is 1. The fourth-order valence-corrected chi connectivity index (χ4v) is 1.87. The van der Waals surface area contributed by atoms with Gasteiger partial charge in [0.05, 0.1) is 5.69 Å². The van der Waals surface area contributed by atoms with E-state index < -0.39 is 0 Å². The van der Waals surface area contributed by atoms with E-state index in [4.69, 9.17) is 4.74 Å². The Balaban J connectivity index is 1.50. The number of hydrogen-bond donors (Lipinski definition) is 1. The summed E-state index contributed by atoms with van der Waals surface area (Å²) in [4.78, 5) is 4.43. The summed E-state index contributed by atoms with van der Waals surface area (Å²) in [7, 11) is 0. The molecule has 1 aromatic heterocycles. The number of ether oxygens (including phenoxy) is 1. The minimum absolute atomic E-state index is 0.514. The van der Waals surface area contributed by atoms with Crippen molar-refractivity contribution in [2.75, 3.05) is 0 Å². The van der Waals surface area contributed by atoms with E-state index in [-0.39, 0.29) is 0 Å². The van der Waals surface area contributed by atoms with Crippen molar-refractivity contribution in [3.05, 3.63) is 59.9 Å². The third kappa shape index (κ3) is 3.80. The third-order valence-corrected chi connectivity index (χ3v) is 3.19. The topological polar surface area (TPSA) is 34.1 Å². The van der Waals surface area contributed by atoms with Gasteiger partial charge >= 0.3 is 0 Å². The quantitative estimate of drug-likeness (QED) is 0.860. The van der Waals surface area contributed by atoms with E-state index >= 15 is 0 Å². The number of nitrogens with zero attached hydrogens (tertiary/aromatic N) is 1. The van der Waals surface area contributed by atoms with Crippen LogP contribution in [-0.2, 0) is 13.2 Å². The van der Waals surface area contributed by atoms with E-state index in [1.165, 1.54) is 18.4 Å². The molecule has 98 valence electrons. The Morgan fingerprint density at radius 2 is 1.95 bits per heavy atom. The predicted octanol–water partition coefficient (Wildman–Crippen LogP) is 2.91. The molecule has 0 aliphatic heterocycles. The molecule has 0 amide bonds. The van der Waals surface area contributed by atoms with E-state index in [9.17, 15) is 0 Å². The SMILES string of the molecule is c1ccc(OCc2ccc(CNC3CC3)cn2)cc1. The smallest absolute Gasteiger partial charge is 0.130 e. The van der Waals surface area contributed by atoms with Gasteiger partial charge < -0.3 is 10.1 Å². The molecule has 0 atom stereocenters. The van der Waals surface area contributed by atoms with Gasteiger partial charge in [-0.3, -0.25) is 4.98 Å². The molecule has 0 bridgehead atoms. The number of hydrogen-bond acceptors (Lipinski definition) is 3. The van der Waals surface area contributed by atoms with Crippen molar-refractivity contribution < 1.29 is 4.74 Å². The Morgan fingerprint density at radius 3 is 2.63 bits per heavy atom. The zero-order valence-electron chi connectivity index (χ0n) is 10.9. The van der Waals surface area contributed by atoms with Gasteiger partial charge in [0, 0.05) is 18.8 Å². The van der Waals surface area contributed by atoms with E-state index in [1.807, 2.05) is 42.6 Å². The van der Waals surface area contributed by atoms with Crippen LogP contribution >= 0.6 is 0 Å². The Kier molecular flexibility index (Phi) is 3.75. The van der Waals surface area contributed by atoms with Crippen molar-refractivity contribution in [2.45, 2.75) is 32.0 Å². The van der Waals surface area contributed by atoms with Crippen LogP contribution in [0.4, 0.5) is 0 Å². The maximum absolute atomic E-state index is 5.66. The molecule has 3 heteroatoms. The maximum Gasteiger partial charge on any atom is 0.130 e. The Bertz CT molecular complexity index is 506. The normalized spacial score (nSPS) is 14.3. The molecule has 0 radical (unpaired) electrons. The van der Waals surface area contributed by atoms with Crippen LogP contribution in [-0.4, -0.2) is 11.0 Å². The van der Waals surface area contributed by atoms with Crippen molar-refractivity contribution in [1.82, 2.24) is 10.3 Å². The number of para-hydroxylation sites is 1. The molecule has 2 aromatic rings. The highest BCUT2D eigenvalue weighted by molar-refractivity contribution is 5.21. The zero-order valence-corrected chi connectivity index (χ0v) is 10.9. The Hall–Kier alpha value is -1.87. The largest absolute Gasteiger partial charge is 0.487 e. The van der Waals surface area contributed by atoms with Gasteiger partial charge in [-0.25, -0.2) is 0 Å². The van der Waals surface area contributed by atoms with E-state index in [2.05, 4.69) is 16.4 Å². The molecule has 1 N–H and O–H groups in total. The maximum atomic E-state index is 5.66. The number of pyridine rings is 1. The van der Waals surface area contributed by atoms with Crippen molar-refractivity contribution in [2.24, 2.45) is 0 Å². The van der Waals surface area contributed by atoms with Crippen LogP contribution in [0.3, 0.4) is 0 Å². The number of nitrogens with one attached hydrogen (secondary N) is 1. The summed E-state index contributed by atoms with van der Waals surface area (Å²) in [6.45, 7) is 1.43.